The normalized spacial score (nSPS) is 25.7. The van der Waals surface area contributed by atoms with Crippen LogP contribution < -0.4 is 0 Å². The molecule has 0 saturated carbocycles. The van der Waals surface area contributed by atoms with E-state index in [0.29, 0.717) is 11.4 Å². The van der Waals surface area contributed by atoms with Crippen LogP contribution in [0.3, 0.4) is 0 Å². The van der Waals surface area contributed by atoms with Gasteiger partial charge in [-0.15, -0.1) is 11.8 Å². The number of aryl methyl sites for hydroxylation is 1. The maximum absolute atomic E-state index is 11.3. The van der Waals surface area contributed by atoms with Gasteiger partial charge in [-0.3, -0.25) is 4.79 Å². The predicted molar refractivity (Wildman–Crippen MR) is 60.3 cm³/mol. The first-order chi connectivity index (χ1) is 7.19. The molecule has 2 heterocycles. The molecule has 1 aliphatic heterocycles. The summed E-state index contributed by atoms with van der Waals surface area (Å²) in [7, 11) is 0. The van der Waals surface area contributed by atoms with Crippen molar-refractivity contribution in [3.05, 3.63) is 10.8 Å². The average molecular weight is 244 g/mol. The lowest BCUT2D eigenvalue weighted by Gasteiger charge is -2.18. The summed E-state index contributed by atoms with van der Waals surface area (Å²) < 4.78 is 3.35. The van der Waals surface area contributed by atoms with Crippen molar-refractivity contribution in [1.82, 2.24) is 9.36 Å². The molecule has 0 bridgehead atoms. The van der Waals surface area contributed by atoms with Crippen molar-refractivity contribution in [2.45, 2.75) is 30.9 Å². The van der Waals surface area contributed by atoms with Gasteiger partial charge in [0.25, 0.3) is 0 Å². The molecule has 15 heavy (non-hydrogen) atoms. The molecule has 1 atom stereocenters. The molecule has 1 aromatic heterocycles. The fourth-order valence-electron chi connectivity index (χ4n) is 1.63. The fraction of sp³-hybridized carbons (Fsp3) is 0.667. The first-order valence-electron chi connectivity index (χ1n) is 4.89. The summed E-state index contributed by atoms with van der Waals surface area (Å²) in [5, 5.41) is 9.98. The van der Waals surface area contributed by atoms with Gasteiger partial charge in [-0.2, -0.15) is 4.37 Å². The molecule has 0 aliphatic carbocycles. The van der Waals surface area contributed by atoms with E-state index in [9.17, 15) is 9.90 Å². The average Bonchev–Trinajstić information content (AvgIpc) is 2.87. The maximum Gasteiger partial charge on any atom is 0.326 e. The molecule has 1 aromatic rings. The second-order valence-corrected chi connectivity index (χ2v) is 5.60. The Bertz CT molecular complexity index is 372. The largest absolute Gasteiger partial charge is 0.480 e. The molecule has 1 aliphatic rings. The number of thioether (sulfide) groups is 1. The number of carboxylic acid groups (broad SMARTS) is 1. The van der Waals surface area contributed by atoms with E-state index >= 15 is 0 Å². The van der Waals surface area contributed by atoms with Crippen LogP contribution in [0.4, 0.5) is 0 Å². The van der Waals surface area contributed by atoms with E-state index in [1.165, 1.54) is 23.3 Å². The summed E-state index contributed by atoms with van der Waals surface area (Å²) >= 11 is 2.72. The van der Waals surface area contributed by atoms with Crippen molar-refractivity contribution in [2.75, 3.05) is 5.75 Å². The summed E-state index contributed by atoms with van der Waals surface area (Å²) in [5.41, 5.74) is 0. The Balaban J connectivity index is 2.36. The molecule has 0 amide bonds. The van der Waals surface area contributed by atoms with Crippen LogP contribution in [0.1, 0.15) is 30.6 Å². The minimum atomic E-state index is -0.814. The van der Waals surface area contributed by atoms with E-state index in [0.717, 1.165) is 24.4 Å². The fourth-order valence-corrected chi connectivity index (χ4v) is 3.98. The molecule has 2 rings (SSSR count). The summed E-state index contributed by atoms with van der Waals surface area (Å²) in [4.78, 5) is 15.6. The van der Waals surface area contributed by atoms with E-state index < -0.39 is 10.7 Å². The van der Waals surface area contributed by atoms with Crippen molar-refractivity contribution in [2.24, 2.45) is 0 Å². The van der Waals surface area contributed by atoms with Gasteiger partial charge in [0.05, 0.1) is 0 Å². The standard InChI is InChI=1S/C9H12N2O2S2/c1-2-6-10-7(15-11-6)9(8(12)13)4-3-5-14-9/h2-5H2,1H3,(H,12,13). The number of carbonyl (C=O) groups is 1. The molecule has 1 saturated heterocycles. The molecule has 1 unspecified atom stereocenters. The molecular weight excluding hydrogens is 232 g/mol. The quantitative estimate of drug-likeness (QED) is 0.880. The van der Waals surface area contributed by atoms with E-state index in [4.69, 9.17) is 0 Å². The van der Waals surface area contributed by atoms with Crippen LogP contribution in [-0.2, 0) is 16.0 Å². The summed E-state index contributed by atoms with van der Waals surface area (Å²) in [6, 6.07) is 0. The van der Waals surface area contributed by atoms with Crippen LogP contribution in [0.2, 0.25) is 0 Å². The molecule has 1 N–H and O–H groups in total. The highest BCUT2D eigenvalue weighted by molar-refractivity contribution is 8.01. The molecule has 0 radical (unpaired) electrons. The van der Waals surface area contributed by atoms with Gasteiger partial charge >= 0.3 is 5.97 Å². The molecule has 0 aromatic carbocycles. The number of hydrogen-bond donors (Lipinski definition) is 1. The van der Waals surface area contributed by atoms with Gasteiger partial charge in [-0.1, -0.05) is 6.92 Å². The third-order valence-electron chi connectivity index (χ3n) is 2.50. The van der Waals surface area contributed by atoms with Crippen molar-refractivity contribution in [1.29, 1.82) is 0 Å². The lowest BCUT2D eigenvalue weighted by Crippen LogP contribution is -2.29. The van der Waals surface area contributed by atoms with Gasteiger partial charge in [-0.05, 0) is 30.1 Å². The minimum Gasteiger partial charge on any atom is -0.480 e. The lowest BCUT2D eigenvalue weighted by atomic mass is 10.0. The Morgan fingerprint density at radius 2 is 2.47 bits per heavy atom. The predicted octanol–water partition coefficient (Wildman–Crippen LogP) is 1.91. The topological polar surface area (TPSA) is 63.1 Å². The minimum absolute atomic E-state index is 0.661. The van der Waals surface area contributed by atoms with E-state index in [1.807, 2.05) is 6.92 Å². The highest BCUT2D eigenvalue weighted by Crippen LogP contribution is 2.47. The zero-order valence-corrected chi connectivity index (χ0v) is 10.0. The van der Waals surface area contributed by atoms with Crippen molar-refractivity contribution < 1.29 is 9.90 Å². The molecular formula is C9H12N2O2S2. The Labute approximate surface area is 96.3 Å². The number of aromatic nitrogens is 2. The van der Waals surface area contributed by atoms with Gasteiger partial charge in [-0.25, -0.2) is 4.98 Å². The zero-order chi connectivity index (χ0) is 10.9. The van der Waals surface area contributed by atoms with Crippen molar-refractivity contribution in [3.63, 3.8) is 0 Å². The van der Waals surface area contributed by atoms with Crippen LogP contribution in [0.5, 0.6) is 0 Å². The van der Waals surface area contributed by atoms with E-state index in [-0.39, 0.29) is 0 Å². The van der Waals surface area contributed by atoms with Crippen LogP contribution in [-0.4, -0.2) is 26.2 Å². The third-order valence-corrected chi connectivity index (χ3v) is 5.10. The van der Waals surface area contributed by atoms with Gasteiger partial charge in [0.1, 0.15) is 10.8 Å². The highest BCUT2D eigenvalue weighted by Gasteiger charge is 2.47. The highest BCUT2D eigenvalue weighted by atomic mass is 32.2. The van der Waals surface area contributed by atoms with E-state index in [2.05, 4.69) is 9.36 Å². The molecule has 4 nitrogen and oxygen atoms in total. The number of rotatable bonds is 3. The van der Waals surface area contributed by atoms with Gasteiger partial charge in [0.2, 0.25) is 0 Å². The maximum atomic E-state index is 11.3. The van der Waals surface area contributed by atoms with Gasteiger partial charge in [0, 0.05) is 6.42 Å². The van der Waals surface area contributed by atoms with Crippen molar-refractivity contribution in [3.8, 4) is 0 Å². The van der Waals surface area contributed by atoms with Crippen LogP contribution >= 0.6 is 23.3 Å². The number of hydrogen-bond acceptors (Lipinski definition) is 5. The SMILES string of the molecule is CCc1nsc(C2(C(=O)O)CCCS2)n1. The Hall–Kier alpha value is -0.620. The number of carboxylic acids is 1. The summed E-state index contributed by atoms with van der Waals surface area (Å²) in [5.74, 6) is 0.875. The van der Waals surface area contributed by atoms with Crippen LogP contribution in [0, 0.1) is 0 Å². The van der Waals surface area contributed by atoms with Crippen LogP contribution in [0.15, 0.2) is 0 Å². The van der Waals surface area contributed by atoms with Crippen molar-refractivity contribution >= 4 is 29.3 Å². The van der Waals surface area contributed by atoms with E-state index in [1.54, 1.807) is 0 Å². The third kappa shape index (κ3) is 1.76. The Kier molecular flexibility index (Phi) is 2.97. The lowest BCUT2D eigenvalue weighted by molar-refractivity contribution is -0.140. The number of aliphatic carboxylic acids is 1. The molecule has 6 heteroatoms. The molecule has 0 spiro atoms. The second kappa shape index (κ2) is 4.09. The number of nitrogens with zero attached hydrogens (tertiary/aromatic N) is 2. The zero-order valence-electron chi connectivity index (χ0n) is 8.39. The Morgan fingerprint density at radius 3 is 2.93 bits per heavy atom. The second-order valence-electron chi connectivity index (χ2n) is 3.45. The van der Waals surface area contributed by atoms with Gasteiger partial charge < -0.3 is 5.11 Å². The summed E-state index contributed by atoms with van der Waals surface area (Å²) in [6.07, 6.45) is 2.38. The summed E-state index contributed by atoms with van der Waals surface area (Å²) in [6.45, 7) is 1.97. The Morgan fingerprint density at radius 1 is 1.67 bits per heavy atom. The monoisotopic (exact) mass is 244 g/mol. The smallest absolute Gasteiger partial charge is 0.326 e. The van der Waals surface area contributed by atoms with Gasteiger partial charge in [0.15, 0.2) is 4.75 Å². The molecule has 82 valence electrons. The first kappa shape index (κ1) is 10.9. The molecule has 1 fully saturated rings. The first-order valence-corrected chi connectivity index (χ1v) is 6.65. The van der Waals surface area contributed by atoms with Crippen LogP contribution in [0.25, 0.3) is 0 Å².